The molecule has 84 valence electrons. The van der Waals surface area contributed by atoms with E-state index in [2.05, 4.69) is 0 Å². The number of aliphatic hydroxyl groups excluding tert-OH is 1. The molecule has 1 N–H and O–H groups in total. The fraction of sp³-hybridized carbons (Fsp3) is 0.250. The lowest BCUT2D eigenvalue weighted by molar-refractivity contribution is 0.0504. The minimum absolute atomic E-state index is 0.234. The van der Waals surface area contributed by atoms with Crippen molar-refractivity contribution in [3.63, 3.8) is 0 Å². The number of esters is 1. The second-order valence-corrected chi connectivity index (χ2v) is 3.38. The van der Waals surface area contributed by atoms with Crippen LogP contribution in [0.3, 0.4) is 0 Å². The molecule has 2 rings (SSSR count). The highest BCUT2D eigenvalue weighted by Crippen LogP contribution is 2.19. The molecule has 0 radical (unpaired) electrons. The van der Waals surface area contributed by atoms with Crippen LogP contribution in [0.2, 0.25) is 0 Å². The summed E-state index contributed by atoms with van der Waals surface area (Å²) in [4.78, 5) is 11.6. The van der Waals surface area contributed by atoms with E-state index >= 15 is 0 Å². The van der Waals surface area contributed by atoms with E-state index in [1.165, 1.54) is 4.57 Å². The van der Waals surface area contributed by atoms with E-state index in [4.69, 9.17) is 4.74 Å². The summed E-state index contributed by atoms with van der Waals surface area (Å²) in [6, 6.07) is 9.23. The molecule has 0 aliphatic rings. The Labute approximate surface area is 93.1 Å². The molecule has 0 atom stereocenters. The summed E-state index contributed by atoms with van der Waals surface area (Å²) in [6.45, 7) is 1.84. The third-order valence-electron chi connectivity index (χ3n) is 2.44. The fourth-order valence-electron chi connectivity index (χ4n) is 1.74. The average Bonchev–Trinajstić information content (AvgIpc) is 2.67. The number of rotatable bonds is 3. The van der Waals surface area contributed by atoms with E-state index in [0.717, 1.165) is 10.9 Å². The van der Waals surface area contributed by atoms with Gasteiger partial charge in [0.25, 0.3) is 0 Å². The highest BCUT2D eigenvalue weighted by Gasteiger charge is 2.15. The van der Waals surface area contributed by atoms with Gasteiger partial charge in [-0.2, -0.15) is 0 Å². The van der Waals surface area contributed by atoms with Gasteiger partial charge < -0.3 is 14.4 Å². The van der Waals surface area contributed by atoms with Gasteiger partial charge in [0.1, 0.15) is 12.4 Å². The van der Waals surface area contributed by atoms with E-state index in [-0.39, 0.29) is 6.73 Å². The number of nitrogens with zero attached hydrogens (tertiary/aromatic N) is 1. The Balaban J connectivity index is 2.56. The second-order valence-electron chi connectivity index (χ2n) is 3.38. The smallest absolute Gasteiger partial charge is 0.355 e. The molecule has 4 heteroatoms. The van der Waals surface area contributed by atoms with E-state index < -0.39 is 5.97 Å². The van der Waals surface area contributed by atoms with Gasteiger partial charge in [-0.15, -0.1) is 0 Å². The van der Waals surface area contributed by atoms with Crippen LogP contribution in [0.4, 0.5) is 0 Å². The normalized spacial score (nSPS) is 10.6. The molecule has 1 aromatic heterocycles. The summed E-state index contributed by atoms with van der Waals surface area (Å²) in [5, 5.41) is 10.2. The van der Waals surface area contributed by atoms with E-state index in [1.807, 2.05) is 24.3 Å². The van der Waals surface area contributed by atoms with Crippen LogP contribution in [-0.4, -0.2) is 22.2 Å². The zero-order valence-electron chi connectivity index (χ0n) is 9.01. The number of fused-ring (bicyclic) bond motifs is 1. The first-order chi connectivity index (χ1) is 7.77. The van der Waals surface area contributed by atoms with E-state index in [1.54, 1.807) is 13.0 Å². The van der Waals surface area contributed by atoms with Gasteiger partial charge in [0.2, 0.25) is 0 Å². The van der Waals surface area contributed by atoms with Gasteiger partial charge in [-0.3, -0.25) is 0 Å². The number of carbonyl (C=O) groups is 1. The molecule has 2 aromatic rings. The predicted molar refractivity (Wildman–Crippen MR) is 60.1 cm³/mol. The summed E-state index contributed by atoms with van der Waals surface area (Å²) >= 11 is 0. The zero-order valence-corrected chi connectivity index (χ0v) is 9.01. The minimum Gasteiger partial charge on any atom is -0.461 e. The lowest BCUT2D eigenvalue weighted by Gasteiger charge is -2.05. The van der Waals surface area contributed by atoms with Crippen LogP contribution in [0, 0.1) is 0 Å². The molecular formula is C12H13NO3. The molecule has 0 saturated heterocycles. The minimum atomic E-state index is -0.409. The molecule has 0 amide bonds. The van der Waals surface area contributed by atoms with E-state index in [9.17, 15) is 9.90 Å². The van der Waals surface area contributed by atoms with Crippen LogP contribution >= 0.6 is 0 Å². The first kappa shape index (κ1) is 10.7. The Hall–Kier alpha value is -1.81. The van der Waals surface area contributed by atoms with Crippen LogP contribution in [0.5, 0.6) is 0 Å². The summed E-state index contributed by atoms with van der Waals surface area (Å²) < 4.78 is 6.46. The molecule has 0 unspecified atom stereocenters. The first-order valence-electron chi connectivity index (χ1n) is 5.14. The third kappa shape index (κ3) is 1.67. The van der Waals surface area contributed by atoms with Gasteiger partial charge in [-0.05, 0) is 19.1 Å². The van der Waals surface area contributed by atoms with Crippen molar-refractivity contribution in [1.29, 1.82) is 0 Å². The topological polar surface area (TPSA) is 51.5 Å². The van der Waals surface area contributed by atoms with Gasteiger partial charge in [-0.1, -0.05) is 18.2 Å². The van der Waals surface area contributed by atoms with Crippen molar-refractivity contribution in [1.82, 2.24) is 4.57 Å². The number of aliphatic hydroxyl groups is 1. The number of hydrogen-bond donors (Lipinski definition) is 1. The molecule has 16 heavy (non-hydrogen) atoms. The monoisotopic (exact) mass is 219 g/mol. The fourth-order valence-corrected chi connectivity index (χ4v) is 1.74. The van der Waals surface area contributed by atoms with Gasteiger partial charge >= 0.3 is 5.97 Å². The maximum absolute atomic E-state index is 11.6. The van der Waals surface area contributed by atoms with Crippen LogP contribution < -0.4 is 0 Å². The number of para-hydroxylation sites is 1. The van der Waals surface area contributed by atoms with Crippen LogP contribution in [0.15, 0.2) is 30.3 Å². The van der Waals surface area contributed by atoms with Gasteiger partial charge in [-0.25, -0.2) is 4.79 Å². The number of carbonyl (C=O) groups excluding carboxylic acids is 1. The second kappa shape index (κ2) is 4.37. The lowest BCUT2D eigenvalue weighted by atomic mass is 10.2. The Morgan fingerprint density at radius 2 is 2.19 bits per heavy atom. The van der Waals surface area contributed by atoms with Crippen molar-refractivity contribution in [2.24, 2.45) is 0 Å². The van der Waals surface area contributed by atoms with Crippen molar-refractivity contribution >= 4 is 16.9 Å². The molecule has 0 bridgehead atoms. The summed E-state index contributed by atoms with van der Waals surface area (Å²) in [5.41, 5.74) is 1.21. The zero-order chi connectivity index (χ0) is 11.5. The Morgan fingerprint density at radius 3 is 2.88 bits per heavy atom. The first-order valence-corrected chi connectivity index (χ1v) is 5.14. The molecule has 4 nitrogen and oxygen atoms in total. The third-order valence-corrected chi connectivity index (χ3v) is 2.44. The van der Waals surface area contributed by atoms with Crippen molar-refractivity contribution < 1.29 is 14.6 Å². The van der Waals surface area contributed by atoms with E-state index in [0.29, 0.717) is 12.3 Å². The molecule has 0 fully saturated rings. The molecule has 0 aliphatic heterocycles. The maximum Gasteiger partial charge on any atom is 0.355 e. The van der Waals surface area contributed by atoms with Gasteiger partial charge in [0.15, 0.2) is 0 Å². The molecule has 1 aromatic carbocycles. The highest BCUT2D eigenvalue weighted by atomic mass is 16.5. The largest absolute Gasteiger partial charge is 0.461 e. The summed E-state index contributed by atoms with van der Waals surface area (Å²) in [5.74, 6) is -0.409. The quantitative estimate of drug-likeness (QED) is 0.800. The lowest BCUT2D eigenvalue weighted by Crippen LogP contribution is -2.11. The average molecular weight is 219 g/mol. The number of ether oxygens (including phenoxy) is 1. The molecular weight excluding hydrogens is 206 g/mol. The Bertz CT molecular complexity index is 516. The number of benzene rings is 1. The highest BCUT2D eigenvalue weighted by molar-refractivity contribution is 5.95. The molecule has 0 saturated carbocycles. The van der Waals surface area contributed by atoms with Gasteiger partial charge in [0.05, 0.1) is 12.1 Å². The van der Waals surface area contributed by atoms with Crippen LogP contribution in [-0.2, 0) is 11.5 Å². The molecule has 0 spiro atoms. The number of aromatic nitrogens is 1. The van der Waals surface area contributed by atoms with Crippen molar-refractivity contribution in [2.75, 3.05) is 6.61 Å². The SMILES string of the molecule is CCOC(=O)c1cc2ccccc2n1CO. The Morgan fingerprint density at radius 1 is 1.44 bits per heavy atom. The van der Waals surface area contributed by atoms with Crippen LogP contribution in [0.25, 0.3) is 10.9 Å². The molecule has 0 aliphatic carbocycles. The predicted octanol–water partition coefficient (Wildman–Crippen LogP) is 1.77. The van der Waals surface area contributed by atoms with Gasteiger partial charge in [0, 0.05) is 5.39 Å². The summed E-state index contributed by atoms with van der Waals surface area (Å²) in [6.07, 6.45) is 0. The van der Waals surface area contributed by atoms with Crippen LogP contribution in [0.1, 0.15) is 17.4 Å². The summed E-state index contributed by atoms with van der Waals surface area (Å²) in [7, 11) is 0. The molecule has 1 heterocycles. The maximum atomic E-state index is 11.6. The number of hydrogen-bond acceptors (Lipinski definition) is 3. The standard InChI is InChI=1S/C12H13NO3/c1-2-16-12(15)11-7-9-5-3-4-6-10(9)13(11)8-14/h3-7,14H,2,8H2,1H3. The van der Waals surface area contributed by atoms with Crippen molar-refractivity contribution in [3.8, 4) is 0 Å². The van der Waals surface area contributed by atoms with Crippen molar-refractivity contribution in [2.45, 2.75) is 13.7 Å². The van der Waals surface area contributed by atoms with Crippen molar-refractivity contribution in [3.05, 3.63) is 36.0 Å². The Kier molecular flexibility index (Phi) is 2.92.